The molecule has 0 radical (unpaired) electrons. The third-order valence-corrected chi connectivity index (χ3v) is 4.77. The zero-order valence-corrected chi connectivity index (χ0v) is 15.2. The summed E-state index contributed by atoms with van der Waals surface area (Å²) in [5.41, 5.74) is 5.14. The van der Waals surface area contributed by atoms with E-state index in [0.29, 0.717) is 16.7 Å². The second-order valence-corrected chi connectivity index (χ2v) is 6.37. The second kappa shape index (κ2) is 7.29. The van der Waals surface area contributed by atoms with Crippen LogP contribution in [0.3, 0.4) is 0 Å². The molecule has 3 aromatic carbocycles. The first-order valence-electron chi connectivity index (χ1n) is 7.88. The van der Waals surface area contributed by atoms with Crippen molar-refractivity contribution in [2.75, 3.05) is 6.61 Å². The Kier molecular flexibility index (Phi) is 5.13. The van der Waals surface area contributed by atoms with Gasteiger partial charge in [0.2, 0.25) is 0 Å². The summed E-state index contributed by atoms with van der Waals surface area (Å²) in [5.74, 6) is 0.847. The maximum absolute atomic E-state index is 6.56. The molecule has 1 nitrogen and oxygen atoms in total. The van der Waals surface area contributed by atoms with Gasteiger partial charge in [-0.25, -0.2) is 0 Å². The van der Waals surface area contributed by atoms with Gasteiger partial charge in [-0.2, -0.15) is 0 Å². The minimum atomic E-state index is 0.569. The van der Waals surface area contributed by atoms with Gasteiger partial charge in [-0.3, -0.25) is 0 Å². The molecule has 0 saturated heterocycles. The highest BCUT2D eigenvalue weighted by molar-refractivity contribution is 6.45. The average molecular weight is 357 g/mol. The highest BCUT2D eigenvalue weighted by atomic mass is 35.5. The summed E-state index contributed by atoms with van der Waals surface area (Å²) in [4.78, 5) is 0. The van der Waals surface area contributed by atoms with E-state index in [-0.39, 0.29) is 0 Å². The average Bonchev–Trinajstić information content (AvgIpc) is 2.58. The van der Waals surface area contributed by atoms with Gasteiger partial charge in [0.25, 0.3) is 0 Å². The van der Waals surface area contributed by atoms with Gasteiger partial charge < -0.3 is 4.74 Å². The first kappa shape index (κ1) is 16.9. The smallest absolute Gasteiger partial charge is 0.119 e. The molecule has 0 aromatic heterocycles. The van der Waals surface area contributed by atoms with Crippen molar-refractivity contribution in [3.8, 4) is 28.0 Å². The van der Waals surface area contributed by atoms with Gasteiger partial charge in [0.05, 0.1) is 16.7 Å². The fraction of sp³-hybridized carbons (Fsp3) is 0.143. The molecule has 0 fully saturated rings. The standard InChI is InChI=1S/C21H18Cl2O/c1-3-24-17-9-7-15(8-10-17)18-11-12-19(21(23)20(18)22)16-6-4-5-14(2)13-16/h4-13H,3H2,1-2H3. The summed E-state index contributed by atoms with van der Waals surface area (Å²) >= 11 is 13.1. The lowest BCUT2D eigenvalue weighted by atomic mass is 9.99. The van der Waals surface area contributed by atoms with Crippen LogP contribution in [-0.2, 0) is 0 Å². The van der Waals surface area contributed by atoms with E-state index in [9.17, 15) is 0 Å². The van der Waals surface area contributed by atoms with Crippen LogP contribution in [0.1, 0.15) is 12.5 Å². The SMILES string of the molecule is CCOc1ccc(-c2ccc(-c3cccc(C)c3)c(Cl)c2Cl)cc1. The topological polar surface area (TPSA) is 9.23 Å². The van der Waals surface area contributed by atoms with Crippen molar-refractivity contribution in [3.63, 3.8) is 0 Å². The molecule has 3 aromatic rings. The van der Waals surface area contributed by atoms with E-state index in [1.54, 1.807) is 0 Å². The maximum atomic E-state index is 6.56. The van der Waals surface area contributed by atoms with Crippen molar-refractivity contribution < 1.29 is 4.74 Å². The Morgan fingerprint density at radius 1 is 0.792 bits per heavy atom. The lowest BCUT2D eigenvalue weighted by Crippen LogP contribution is -1.91. The molecule has 0 aliphatic rings. The molecule has 0 unspecified atom stereocenters. The van der Waals surface area contributed by atoms with Crippen molar-refractivity contribution in [2.24, 2.45) is 0 Å². The second-order valence-electron chi connectivity index (χ2n) is 5.62. The number of halogens is 2. The van der Waals surface area contributed by atoms with Crippen LogP contribution in [0, 0.1) is 6.92 Å². The zero-order valence-electron chi connectivity index (χ0n) is 13.6. The van der Waals surface area contributed by atoms with Crippen LogP contribution < -0.4 is 4.74 Å². The Morgan fingerprint density at radius 3 is 2.00 bits per heavy atom. The van der Waals surface area contributed by atoms with Crippen molar-refractivity contribution >= 4 is 23.2 Å². The lowest BCUT2D eigenvalue weighted by Gasteiger charge is -2.12. The van der Waals surface area contributed by atoms with Gasteiger partial charge in [-0.1, -0.05) is 77.3 Å². The summed E-state index contributed by atoms with van der Waals surface area (Å²) in [6.07, 6.45) is 0. The Hall–Kier alpha value is -1.96. The molecule has 0 aliphatic carbocycles. The number of hydrogen-bond donors (Lipinski definition) is 0. The Balaban J connectivity index is 2.01. The first-order valence-corrected chi connectivity index (χ1v) is 8.64. The minimum absolute atomic E-state index is 0.569. The predicted molar refractivity (Wildman–Crippen MR) is 103 cm³/mol. The van der Waals surface area contributed by atoms with E-state index in [1.807, 2.05) is 55.5 Å². The van der Waals surface area contributed by atoms with Crippen LogP contribution in [0.25, 0.3) is 22.3 Å². The fourth-order valence-electron chi connectivity index (χ4n) is 2.71. The maximum Gasteiger partial charge on any atom is 0.119 e. The van der Waals surface area contributed by atoms with Crippen LogP contribution in [-0.4, -0.2) is 6.61 Å². The normalized spacial score (nSPS) is 10.7. The highest BCUT2D eigenvalue weighted by Crippen LogP contribution is 2.40. The molecular formula is C21H18Cl2O. The fourth-order valence-corrected chi connectivity index (χ4v) is 3.25. The Labute approximate surface area is 152 Å². The van der Waals surface area contributed by atoms with Crippen molar-refractivity contribution in [3.05, 3.63) is 76.3 Å². The molecule has 3 heteroatoms. The summed E-state index contributed by atoms with van der Waals surface area (Å²) in [7, 11) is 0. The van der Waals surface area contributed by atoms with Crippen LogP contribution in [0.5, 0.6) is 5.75 Å². The first-order chi connectivity index (χ1) is 11.6. The molecule has 24 heavy (non-hydrogen) atoms. The molecule has 0 saturated carbocycles. The third-order valence-electron chi connectivity index (χ3n) is 3.89. The van der Waals surface area contributed by atoms with Gasteiger partial charge in [-0.05, 0) is 37.1 Å². The molecule has 0 N–H and O–H groups in total. The minimum Gasteiger partial charge on any atom is -0.494 e. The molecule has 0 aliphatic heterocycles. The molecule has 0 bridgehead atoms. The lowest BCUT2D eigenvalue weighted by molar-refractivity contribution is 0.340. The van der Waals surface area contributed by atoms with Crippen LogP contribution >= 0.6 is 23.2 Å². The summed E-state index contributed by atoms with van der Waals surface area (Å²) in [5, 5.41) is 1.15. The Bertz CT molecular complexity index is 854. The van der Waals surface area contributed by atoms with Crippen LogP contribution in [0.4, 0.5) is 0 Å². The molecule has 0 atom stereocenters. The molecule has 0 heterocycles. The summed E-state index contributed by atoms with van der Waals surface area (Å²) in [6.45, 7) is 4.68. The van der Waals surface area contributed by atoms with Crippen molar-refractivity contribution in [1.82, 2.24) is 0 Å². The molecule has 0 spiro atoms. The van der Waals surface area contributed by atoms with Crippen LogP contribution in [0.15, 0.2) is 60.7 Å². The molecule has 3 rings (SSSR count). The van der Waals surface area contributed by atoms with Crippen LogP contribution in [0.2, 0.25) is 10.0 Å². The van der Waals surface area contributed by atoms with E-state index < -0.39 is 0 Å². The summed E-state index contributed by atoms with van der Waals surface area (Å²) in [6, 6.07) is 20.1. The monoisotopic (exact) mass is 356 g/mol. The molecule has 122 valence electrons. The number of rotatable bonds is 4. The van der Waals surface area contributed by atoms with Gasteiger partial charge in [-0.15, -0.1) is 0 Å². The van der Waals surface area contributed by atoms with E-state index in [1.165, 1.54) is 5.56 Å². The largest absolute Gasteiger partial charge is 0.494 e. The quantitative estimate of drug-likeness (QED) is 0.487. The van der Waals surface area contributed by atoms with Gasteiger partial charge in [0, 0.05) is 11.1 Å². The van der Waals surface area contributed by atoms with Gasteiger partial charge >= 0.3 is 0 Å². The number of ether oxygens (including phenoxy) is 1. The molecular weight excluding hydrogens is 339 g/mol. The van der Waals surface area contributed by atoms with E-state index >= 15 is 0 Å². The van der Waals surface area contributed by atoms with E-state index in [2.05, 4.69) is 19.1 Å². The van der Waals surface area contributed by atoms with Gasteiger partial charge in [0.15, 0.2) is 0 Å². The van der Waals surface area contributed by atoms with E-state index in [4.69, 9.17) is 27.9 Å². The van der Waals surface area contributed by atoms with Gasteiger partial charge in [0.1, 0.15) is 5.75 Å². The summed E-state index contributed by atoms with van der Waals surface area (Å²) < 4.78 is 5.48. The highest BCUT2D eigenvalue weighted by Gasteiger charge is 2.13. The number of hydrogen-bond acceptors (Lipinski definition) is 1. The zero-order chi connectivity index (χ0) is 17.1. The van der Waals surface area contributed by atoms with E-state index in [0.717, 1.165) is 28.0 Å². The molecule has 0 amide bonds. The Morgan fingerprint density at radius 2 is 1.42 bits per heavy atom. The van der Waals surface area contributed by atoms with Crippen molar-refractivity contribution in [2.45, 2.75) is 13.8 Å². The van der Waals surface area contributed by atoms with Crippen molar-refractivity contribution in [1.29, 1.82) is 0 Å². The number of benzene rings is 3. The third kappa shape index (κ3) is 3.43. The number of aryl methyl sites for hydroxylation is 1. The predicted octanol–water partition coefficient (Wildman–Crippen LogP) is 7.03.